The predicted octanol–water partition coefficient (Wildman–Crippen LogP) is 6.90. The molecule has 1 saturated heterocycles. The van der Waals surface area contributed by atoms with Crippen molar-refractivity contribution >= 4 is 53.1 Å². The quantitative estimate of drug-likeness (QED) is 0.210. The molecule has 4 rings (SSSR count). The molecule has 0 saturated carbocycles. The molecule has 8 nitrogen and oxygen atoms in total. The summed E-state index contributed by atoms with van der Waals surface area (Å²) < 4.78 is 13.0. The van der Waals surface area contributed by atoms with Gasteiger partial charge in [-0.05, 0) is 87.9 Å². The van der Waals surface area contributed by atoms with E-state index in [1.54, 1.807) is 23.9 Å². The third-order valence-corrected chi connectivity index (χ3v) is 7.45. The summed E-state index contributed by atoms with van der Waals surface area (Å²) in [4.78, 5) is 13.2. The molecule has 0 atom stereocenters. The Balaban J connectivity index is 0.00000420. The maximum atomic E-state index is 13.2. The van der Waals surface area contributed by atoms with Crippen LogP contribution in [0.25, 0.3) is 5.69 Å². The summed E-state index contributed by atoms with van der Waals surface area (Å²) in [6.07, 6.45) is 4.76. The van der Waals surface area contributed by atoms with Gasteiger partial charge in [0.05, 0.1) is 27.9 Å². The molecule has 11 heteroatoms. The van der Waals surface area contributed by atoms with Gasteiger partial charge < -0.3 is 20.1 Å². The number of urea groups is 1. The SMILES string of the molecule is COCCCc1cc(Cl)c(Cl)cc1NC(=O)Nc1c(C)c(OCCC2CCNCC2)nn1-c1ccccc1.Cl. The number of aryl methyl sites for hydroxylation is 1. The minimum Gasteiger partial charge on any atom is -0.476 e. The number of nitrogens with zero attached hydrogens (tertiary/aromatic N) is 2. The highest BCUT2D eigenvalue weighted by Crippen LogP contribution is 2.32. The summed E-state index contributed by atoms with van der Waals surface area (Å²) in [5.41, 5.74) is 3.04. The first-order valence-corrected chi connectivity index (χ1v) is 13.7. The van der Waals surface area contributed by atoms with E-state index in [-0.39, 0.29) is 12.4 Å². The molecule has 1 aliphatic heterocycles. The van der Waals surface area contributed by atoms with Crippen LogP contribution in [0.1, 0.15) is 36.8 Å². The van der Waals surface area contributed by atoms with E-state index in [0.29, 0.717) is 53.0 Å². The van der Waals surface area contributed by atoms with Gasteiger partial charge in [0.15, 0.2) is 0 Å². The Labute approximate surface area is 246 Å². The lowest BCUT2D eigenvalue weighted by Gasteiger charge is -2.22. The number of carbonyl (C=O) groups excluding carboxylic acids is 1. The number of nitrogens with one attached hydrogen (secondary N) is 3. The highest BCUT2D eigenvalue weighted by molar-refractivity contribution is 6.42. The van der Waals surface area contributed by atoms with Crippen molar-refractivity contribution in [3.05, 3.63) is 63.6 Å². The first kappa shape index (κ1) is 31.0. The zero-order valence-corrected chi connectivity index (χ0v) is 24.6. The van der Waals surface area contributed by atoms with Crippen molar-refractivity contribution in [1.82, 2.24) is 15.1 Å². The molecule has 0 spiro atoms. The number of rotatable bonds is 11. The van der Waals surface area contributed by atoms with Crippen LogP contribution in [0.4, 0.5) is 16.3 Å². The number of piperidine rings is 1. The number of para-hydroxylation sites is 1. The molecule has 0 unspecified atom stereocenters. The second-order valence-electron chi connectivity index (χ2n) is 9.46. The molecule has 39 heavy (non-hydrogen) atoms. The highest BCUT2D eigenvalue weighted by Gasteiger charge is 2.21. The Morgan fingerprint density at radius 1 is 1.10 bits per heavy atom. The summed E-state index contributed by atoms with van der Waals surface area (Å²) in [5, 5.41) is 14.8. The molecule has 2 aromatic carbocycles. The number of benzene rings is 2. The number of aromatic nitrogens is 2. The number of ether oxygens (including phenoxy) is 2. The van der Waals surface area contributed by atoms with Crippen LogP contribution in [0.5, 0.6) is 5.88 Å². The third kappa shape index (κ3) is 8.50. The predicted molar refractivity (Wildman–Crippen MR) is 161 cm³/mol. The zero-order valence-electron chi connectivity index (χ0n) is 22.3. The van der Waals surface area contributed by atoms with Gasteiger partial charge in [-0.3, -0.25) is 5.32 Å². The van der Waals surface area contributed by atoms with Crippen LogP contribution in [0, 0.1) is 12.8 Å². The van der Waals surface area contributed by atoms with E-state index in [0.717, 1.165) is 55.6 Å². The largest absolute Gasteiger partial charge is 0.476 e. The van der Waals surface area contributed by atoms with Crippen LogP contribution in [-0.4, -0.2) is 49.2 Å². The summed E-state index contributed by atoms with van der Waals surface area (Å²) in [6, 6.07) is 12.7. The van der Waals surface area contributed by atoms with Gasteiger partial charge in [-0.2, -0.15) is 0 Å². The maximum Gasteiger partial charge on any atom is 0.324 e. The molecule has 3 N–H and O–H groups in total. The van der Waals surface area contributed by atoms with Crippen LogP contribution < -0.4 is 20.7 Å². The molecule has 2 amide bonds. The van der Waals surface area contributed by atoms with Crippen LogP contribution in [0.15, 0.2) is 42.5 Å². The lowest BCUT2D eigenvalue weighted by Crippen LogP contribution is -2.28. The number of hydrogen-bond donors (Lipinski definition) is 3. The zero-order chi connectivity index (χ0) is 26.9. The monoisotopic (exact) mass is 595 g/mol. The number of anilines is 2. The van der Waals surface area contributed by atoms with Crippen molar-refractivity contribution in [3.8, 4) is 11.6 Å². The Kier molecular flexibility index (Phi) is 12.2. The van der Waals surface area contributed by atoms with Crippen LogP contribution in [0.3, 0.4) is 0 Å². The topological polar surface area (TPSA) is 89.4 Å². The van der Waals surface area contributed by atoms with E-state index < -0.39 is 6.03 Å². The van der Waals surface area contributed by atoms with Crippen molar-refractivity contribution in [1.29, 1.82) is 0 Å². The highest BCUT2D eigenvalue weighted by atomic mass is 35.5. The first-order chi connectivity index (χ1) is 18.5. The van der Waals surface area contributed by atoms with Gasteiger partial charge in [-0.25, -0.2) is 9.48 Å². The van der Waals surface area contributed by atoms with E-state index in [1.807, 2.05) is 37.3 Å². The van der Waals surface area contributed by atoms with E-state index >= 15 is 0 Å². The standard InChI is InChI=1S/C28H35Cl2N5O3.ClH/c1-19-26(33-28(36)32-25-18-24(30)23(29)17-21(25)7-6-15-37-2)35(22-8-4-3-5-9-22)34-27(19)38-16-12-20-10-13-31-14-11-20;/h3-5,8-9,17-18,20,31H,6-7,10-16H2,1-2H3,(H2,32,33,36);1H. The number of halogens is 3. The molecule has 0 aliphatic carbocycles. The fourth-order valence-corrected chi connectivity index (χ4v) is 4.94. The van der Waals surface area contributed by atoms with Crippen LogP contribution >= 0.6 is 35.6 Å². The Morgan fingerprint density at radius 3 is 2.54 bits per heavy atom. The molecule has 1 aliphatic rings. The molecule has 1 aromatic heterocycles. The second-order valence-corrected chi connectivity index (χ2v) is 10.3. The summed E-state index contributed by atoms with van der Waals surface area (Å²) in [5.74, 6) is 1.69. The van der Waals surface area contributed by atoms with Crippen LogP contribution in [-0.2, 0) is 11.2 Å². The molecule has 1 fully saturated rings. The third-order valence-electron chi connectivity index (χ3n) is 6.72. The lowest BCUT2D eigenvalue weighted by atomic mass is 9.95. The van der Waals surface area contributed by atoms with E-state index in [2.05, 4.69) is 16.0 Å². The van der Waals surface area contributed by atoms with Gasteiger partial charge in [-0.1, -0.05) is 41.4 Å². The smallest absolute Gasteiger partial charge is 0.324 e. The number of methoxy groups -OCH3 is 1. The van der Waals surface area contributed by atoms with Gasteiger partial charge in [0, 0.05) is 19.4 Å². The Morgan fingerprint density at radius 2 is 1.82 bits per heavy atom. The first-order valence-electron chi connectivity index (χ1n) is 13.0. The van der Waals surface area contributed by atoms with Gasteiger partial charge in [-0.15, -0.1) is 17.5 Å². The fraction of sp³-hybridized carbons (Fsp3) is 0.429. The normalized spacial score (nSPS) is 13.5. The van der Waals surface area contributed by atoms with Gasteiger partial charge in [0.1, 0.15) is 5.82 Å². The minimum atomic E-state index is -0.419. The Bertz CT molecular complexity index is 1220. The number of carbonyl (C=O) groups is 1. The Hall–Kier alpha value is -2.49. The average molecular weight is 597 g/mol. The summed E-state index contributed by atoms with van der Waals surface area (Å²) in [6.45, 7) is 5.20. The molecule has 3 aromatic rings. The molecule has 0 radical (unpaired) electrons. The van der Waals surface area contributed by atoms with Gasteiger partial charge in [0.25, 0.3) is 0 Å². The second kappa shape index (κ2) is 15.3. The van der Waals surface area contributed by atoms with Crippen molar-refractivity contribution in [3.63, 3.8) is 0 Å². The molecular formula is C28H36Cl3N5O3. The van der Waals surface area contributed by atoms with Crippen molar-refractivity contribution in [2.24, 2.45) is 5.92 Å². The van der Waals surface area contributed by atoms with Crippen LogP contribution in [0.2, 0.25) is 10.0 Å². The van der Waals surface area contributed by atoms with Gasteiger partial charge in [0.2, 0.25) is 5.88 Å². The van der Waals surface area contributed by atoms with E-state index in [1.165, 1.54) is 0 Å². The maximum absolute atomic E-state index is 13.2. The van der Waals surface area contributed by atoms with Crippen molar-refractivity contribution < 1.29 is 14.3 Å². The average Bonchev–Trinajstić information content (AvgIpc) is 3.22. The fourth-order valence-electron chi connectivity index (χ4n) is 4.59. The summed E-state index contributed by atoms with van der Waals surface area (Å²) >= 11 is 12.5. The summed E-state index contributed by atoms with van der Waals surface area (Å²) in [7, 11) is 1.66. The van der Waals surface area contributed by atoms with Crippen molar-refractivity contribution in [2.45, 2.75) is 39.0 Å². The van der Waals surface area contributed by atoms with Crippen molar-refractivity contribution in [2.75, 3.05) is 44.0 Å². The molecular weight excluding hydrogens is 561 g/mol. The number of hydrogen-bond acceptors (Lipinski definition) is 5. The molecule has 0 bridgehead atoms. The van der Waals surface area contributed by atoms with E-state index in [9.17, 15) is 4.79 Å². The lowest BCUT2D eigenvalue weighted by molar-refractivity contribution is 0.195. The molecule has 2 heterocycles. The van der Waals surface area contributed by atoms with E-state index in [4.69, 9.17) is 37.8 Å². The molecule has 212 valence electrons. The minimum absolute atomic E-state index is 0. The van der Waals surface area contributed by atoms with Gasteiger partial charge >= 0.3 is 6.03 Å². The number of amides is 2.